The first-order valence-corrected chi connectivity index (χ1v) is 6.57. The Kier molecular flexibility index (Phi) is 4.13. The molecule has 0 spiro atoms. The number of nitrogens with zero attached hydrogens (tertiary/aromatic N) is 1. The Balaban J connectivity index is 2.06. The van der Waals surface area contributed by atoms with Crippen LogP contribution in [0.4, 0.5) is 5.69 Å². The highest BCUT2D eigenvalue weighted by molar-refractivity contribution is 9.09. The number of aryl methyl sites for hydroxylation is 1. The van der Waals surface area contributed by atoms with Gasteiger partial charge in [-0.15, -0.1) is 0 Å². The van der Waals surface area contributed by atoms with Crippen LogP contribution in [0.25, 0.3) is 0 Å². The zero-order chi connectivity index (χ0) is 14.0. The van der Waals surface area contributed by atoms with Crippen molar-refractivity contribution < 1.29 is 9.72 Å². The molecule has 3 atom stereocenters. The third kappa shape index (κ3) is 2.91. The summed E-state index contributed by atoms with van der Waals surface area (Å²) in [5, 5.41) is 13.5. The lowest BCUT2D eigenvalue weighted by atomic mass is 10.1. The standard InChI is InChI=1S/C11H13BrN4O3/c1-6-4-2-3-5-7(6)13-11(17)9-8(12)10(15-14-9)16(18)19/h2-5,8-10,14-15H,1H3,(H,13,17). The summed E-state index contributed by atoms with van der Waals surface area (Å²) in [4.78, 5) is 21.7. The molecule has 3 unspecified atom stereocenters. The fraction of sp³-hybridized carbons (Fsp3) is 0.364. The Labute approximate surface area is 118 Å². The minimum absolute atomic E-state index is 0.326. The van der Waals surface area contributed by atoms with Gasteiger partial charge in [0.05, 0.1) is 0 Å². The molecule has 102 valence electrons. The molecule has 1 aliphatic rings. The van der Waals surface area contributed by atoms with E-state index < -0.39 is 22.0 Å². The first-order chi connectivity index (χ1) is 9.00. The molecular weight excluding hydrogens is 316 g/mol. The number of amides is 1. The van der Waals surface area contributed by atoms with Gasteiger partial charge in [-0.1, -0.05) is 34.1 Å². The van der Waals surface area contributed by atoms with Crippen molar-refractivity contribution in [3.05, 3.63) is 39.9 Å². The van der Waals surface area contributed by atoms with Crippen molar-refractivity contribution >= 4 is 27.5 Å². The number of anilines is 1. The van der Waals surface area contributed by atoms with Gasteiger partial charge in [0.2, 0.25) is 5.91 Å². The van der Waals surface area contributed by atoms with Gasteiger partial charge >= 0.3 is 0 Å². The molecule has 1 amide bonds. The highest BCUT2D eigenvalue weighted by atomic mass is 79.9. The van der Waals surface area contributed by atoms with Crippen LogP contribution < -0.4 is 16.2 Å². The number of nitrogens with one attached hydrogen (secondary N) is 3. The van der Waals surface area contributed by atoms with Gasteiger partial charge in [-0.05, 0) is 18.6 Å². The largest absolute Gasteiger partial charge is 0.324 e. The molecule has 7 nitrogen and oxygen atoms in total. The molecule has 19 heavy (non-hydrogen) atoms. The minimum Gasteiger partial charge on any atom is -0.324 e. The summed E-state index contributed by atoms with van der Waals surface area (Å²) < 4.78 is 0. The maximum absolute atomic E-state index is 12.1. The molecule has 1 heterocycles. The molecule has 0 aliphatic carbocycles. The molecule has 2 rings (SSSR count). The van der Waals surface area contributed by atoms with Gasteiger partial charge in [0.25, 0.3) is 6.17 Å². The van der Waals surface area contributed by atoms with E-state index in [1.807, 2.05) is 25.1 Å². The Bertz CT molecular complexity index is 510. The quantitative estimate of drug-likeness (QED) is 0.433. The second-order valence-corrected chi connectivity index (χ2v) is 5.30. The summed E-state index contributed by atoms with van der Waals surface area (Å²) in [5.74, 6) is -0.326. The fourth-order valence-electron chi connectivity index (χ4n) is 1.82. The van der Waals surface area contributed by atoms with Gasteiger partial charge in [0.15, 0.2) is 0 Å². The van der Waals surface area contributed by atoms with Crippen molar-refractivity contribution in [2.45, 2.75) is 24.0 Å². The molecule has 0 radical (unpaired) electrons. The summed E-state index contributed by atoms with van der Waals surface area (Å²) in [7, 11) is 0. The zero-order valence-electron chi connectivity index (χ0n) is 10.1. The normalized spacial score (nSPS) is 26.1. The summed E-state index contributed by atoms with van der Waals surface area (Å²) >= 11 is 3.18. The SMILES string of the molecule is Cc1ccccc1NC(=O)C1NNC([N+](=O)[O-])C1Br. The molecule has 0 bridgehead atoms. The molecular formula is C11H13BrN4O3. The summed E-state index contributed by atoms with van der Waals surface area (Å²) in [5.41, 5.74) is 6.73. The van der Waals surface area contributed by atoms with Crippen LogP contribution in [0.2, 0.25) is 0 Å². The average Bonchev–Trinajstić information content (AvgIpc) is 2.74. The summed E-state index contributed by atoms with van der Waals surface area (Å²) in [6.07, 6.45) is -1.03. The summed E-state index contributed by atoms with van der Waals surface area (Å²) in [6, 6.07) is 6.63. The van der Waals surface area contributed by atoms with Crippen molar-refractivity contribution in [3.8, 4) is 0 Å². The number of nitro groups is 1. The van der Waals surface area contributed by atoms with Gasteiger partial charge in [0, 0.05) is 10.6 Å². The summed E-state index contributed by atoms with van der Waals surface area (Å²) in [6.45, 7) is 1.88. The van der Waals surface area contributed by atoms with E-state index >= 15 is 0 Å². The molecule has 1 aromatic rings. The molecule has 0 saturated carbocycles. The topological polar surface area (TPSA) is 96.3 Å². The van der Waals surface area contributed by atoms with E-state index in [1.54, 1.807) is 6.07 Å². The lowest BCUT2D eigenvalue weighted by Crippen LogP contribution is -2.42. The third-order valence-electron chi connectivity index (χ3n) is 2.92. The molecule has 3 N–H and O–H groups in total. The van der Waals surface area contributed by atoms with E-state index in [9.17, 15) is 14.9 Å². The van der Waals surface area contributed by atoms with Gasteiger partial charge in [-0.3, -0.25) is 14.9 Å². The Morgan fingerprint density at radius 1 is 1.42 bits per heavy atom. The number of alkyl halides is 1. The van der Waals surface area contributed by atoms with Crippen molar-refractivity contribution in [1.82, 2.24) is 10.9 Å². The van der Waals surface area contributed by atoms with Crippen LogP contribution in [0.3, 0.4) is 0 Å². The van der Waals surface area contributed by atoms with Gasteiger partial charge < -0.3 is 5.32 Å². The maximum atomic E-state index is 12.1. The Hall–Kier alpha value is -1.51. The maximum Gasteiger partial charge on any atom is 0.292 e. The number of hydrogen-bond acceptors (Lipinski definition) is 5. The van der Waals surface area contributed by atoms with Crippen molar-refractivity contribution in [3.63, 3.8) is 0 Å². The van der Waals surface area contributed by atoms with Crippen LogP contribution in [-0.4, -0.2) is 27.9 Å². The number of hydrazine groups is 1. The number of para-hydroxylation sites is 1. The molecule has 1 fully saturated rings. The van der Waals surface area contributed by atoms with Crippen LogP contribution >= 0.6 is 15.9 Å². The predicted molar refractivity (Wildman–Crippen MR) is 73.4 cm³/mol. The van der Waals surface area contributed by atoms with Crippen molar-refractivity contribution in [2.75, 3.05) is 5.32 Å². The van der Waals surface area contributed by atoms with E-state index in [2.05, 4.69) is 32.1 Å². The Morgan fingerprint density at radius 3 is 2.68 bits per heavy atom. The minimum atomic E-state index is -1.03. The highest BCUT2D eigenvalue weighted by Gasteiger charge is 2.45. The molecule has 1 aromatic carbocycles. The number of hydrogen-bond donors (Lipinski definition) is 3. The monoisotopic (exact) mass is 328 g/mol. The molecule has 8 heteroatoms. The number of benzene rings is 1. The number of rotatable bonds is 3. The molecule has 1 saturated heterocycles. The van der Waals surface area contributed by atoms with Gasteiger partial charge in [-0.25, -0.2) is 5.43 Å². The van der Waals surface area contributed by atoms with Crippen LogP contribution in [-0.2, 0) is 4.79 Å². The van der Waals surface area contributed by atoms with Crippen LogP contribution in [0.1, 0.15) is 5.56 Å². The van der Waals surface area contributed by atoms with Crippen LogP contribution in [0.5, 0.6) is 0 Å². The average molecular weight is 329 g/mol. The second-order valence-electron chi connectivity index (χ2n) is 4.25. The first kappa shape index (κ1) is 13.9. The van der Waals surface area contributed by atoms with E-state index in [4.69, 9.17) is 0 Å². The molecule has 0 aromatic heterocycles. The van der Waals surface area contributed by atoms with Crippen LogP contribution in [0.15, 0.2) is 24.3 Å². The molecule has 1 aliphatic heterocycles. The van der Waals surface area contributed by atoms with E-state index in [0.717, 1.165) is 5.56 Å². The predicted octanol–water partition coefficient (Wildman–Crippen LogP) is 0.776. The smallest absolute Gasteiger partial charge is 0.292 e. The lowest BCUT2D eigenvalue weighted by Gasteiger charge is -2.14. The highest BCUT2D eigenvalue weighted by Crippen LogP contribution is 2.19. The zero-order valence-corrected chi connectivity index (χ0v) is 11.7. The lowest BCUT2D eigenvalue weighted by molar-refractivity contribution is -0.525. The number of carbonyl (C=O) groups excluding carboxylic acids is 1. The van der Waals surface area contributed by atoms with Gasteiger partial charge in [0.1, 0.15) is 10.9 Å². The fourth-order valence-corrected chi connectivity index (χ4v) is 2.52. The van der Waals surface area contributed by atoms with Gasteiger partial charge in [-0.2, -0.15) is 5.43 Å². The Morgan fingerprint density at radius 2 is 2.11 bits per heavy atom. The van der Waals surface area contributed by atoms with E-state index in [1.165, 1.54) is 0 Å². The van der Waals surface area contributed by atoms with Crippen molar-refractivity contribution in [1.29, 1.82) is 0 Å². The van der Waals surface area contributed by atoms with Crippen molar-refractivity contribution in [2.24, 2.45) is 0 Å². The van der Waals surface area contributed by atoms with E-state index in [-0.39, 0.29) is 5.91 Å². The first-order valence-electron chi connectivity index (χ1n) is 5.66. The third-order valence-corrected chi connectivity index (χ3v) is 3.95. The van der Waals surface area contributed by atoms with Crippen LogP contribution in [0, 0.1) is 17.0 Å². The number of halogens is 1. The van der Waals surface area contributed by atoms with E-state index in [0.29, 0.717) is 5.69 Å². The second kappa shape index (κ2) is 5.64. The number of carbonyl (C=O) groups is 1.